The predicted octanol–water partition coefficient (Wildman–Crippen LogP) is 1.35. The van der Waals surface area contributed by atoms with Crippen LogP contribution in [0.3, 0.4) is 0 Å². The Morgan fingerprint density at radius 3 is 3.15 bits per heavy atom. The molecule has 1 aromatic heterocycles. The first-order valence-corrected chi connectivity index (χ1v) is 5.30. The maximum Gasteiger partial charge on any atom is 0.220 e. The Morgan fingerprint density at radius 1 is 1.77 bits per heavy atom. The van der Waals surface area contributed by atoms with E-state index in [9.17, 15) is 4.79 Å². The second-order valence-electron chi connectivity index (χ2n) is 3.77. The summed E-state index contributed by atoms with van der Waals surface area (Å²) in [6, 6.07) is 0. The van der Waals surface area contributed by atoms with Crippen molar-refractivity contribution in [2.24, 2.45) is 0 Å². The van der Waals surface area contributed by atoms with Gasteiger partial charge in [-0.05, 0) is 13.3 Å². The SMILES string of the molecule is CC1(Cc2cscn2)CCC(=O)N1. The molecule has 1 aromatic rings. The maximum absolute atomic E-state index is 11.1. The molecule has 0 bridgehead atoms. The number of amides is 1. The van der Waals surface area contributed by atoms with Crippen molar-refractivity contribution in [2.75, 3.05) is 0 Å². The van der Waals surface area contributed by atoms with Gasteiger partial charge in [-0.2, -0.15) is 0 Å². The summed E-state index contributed by atoms with van der Waals surface area (Å²) in [4.78, 5) is 15.3. The van der Waals surface area contributed by atoms with Crippen LogP contribution in [0.15, 0.2) is 10.9 Å². The van der Waals surface area contributed by atoms with Gasteiger partial charge in [-0.1, -0.05) is 0 Å². The zero-order valence-electron chi connectivity index (χ0n) is 7.54. The quantitative estimate of drug-likeness (QED) is 0.776. The van der Waals surface area contributed by atoms with Crippen LogP contribution in [-0.4, -0.2) is 16.4 Å². The largest absolute Gasteiger partial charge is 0.351 e. The molecule has 0 radical (unpaired) electrons. The van der Waals surface area contributed by atoms with Crippen LogP contribution in [0.25, 0.3) is 0 Å². The van der Waals surface area contributed by atoms with E-state index in [0.29, 0.717) is 6.42 Å². The Bertz CT molecular complexity index is 309. The highest BCUT2D eigenvalue weighted by Gasteiger charge is 2.33. The Balaban J connectivity index is 2.05. The number of carbonyl (C=O) groups excluding carboxylic acids is 1. The van der Waals surface area contributed by atoms with E-state index in [0.717, 1.165) is 18.5 Å². The minimum absolute atomic E-state index is 0.0643. The van der Waals surface area contributed by atoms with Crippen molar-refractivity contribution in [2.45, 2.75) is 31.7 Å². The molecule has 1 unspecified atom stereocenters. The van der Waals surface area contributed by atoms with Gasteiger partial charge in [0.05, 0.1) is 11.2 Å². The smallest absolute Gasteiger partial charge is 0.220 e. The van der Waals surface area contributed by atoms with Crippen LogP contribution >= 0.6 is 11.3 Å². The number of nitrogens with one attached hydrogen (secondary N) is 1. The molecular weight excluding hydrogens is 184 g/mol. The number of carbonyl (C=O) groups is 1. The standard InChI is InChI=1S/C9H12N2OS/c1-9(3-2-8(12)11-9)4-7-5-13-6-10-7/h5-6H,2-4H2,1H3,(H,11,12). The summed E-state index contributed by atoms with van der Waals surface area (Å²) in [5, 5.41) is 5.03. The third kappa shape index (κ3) is 1.88. The lowest BCUT2D eigenvalue weighted by atomic mass is 9.95. The average Bonchev–Trinajstić information content (AvgIpc) is 2.62. The first-order valence-electron chi connectivity index (χ1n) is 4.36. The van der Waals surface area contributed by atoms with E-state index >= 15 is 0 Å². The van der Waals surface area contributed by atoms with E-state index < -0.39 is 0 Å². The highest BCUT2D eigenvalue weighted by atomic mass is 32.1. The summed E-state index contributed by atoms with van der Waals surface area (Å²) in [6.07, 6.45) is 2.42. The molecule has 1 N–H and O–H groups in total. The Kier molecular flexibility index (Phi) is 2.07. The molecule has 1 atom stereocenters. The fourth-order valence-electron chi connectivity index (χ4n) is 1.71. The zero-order chi connectivity index (χ0) is 9.31. The fourth-order valence-corrected chi connectivity index (χ4v) is 2.27. The molecule has 1 saturated heterocycles. The number of aromatic nitrogens is 1. The number of thiazole rings is 1. The fraction of sp³-hybridized carbons (Fsp3) is 0.556. The highest BCUT2D eigenvalue weighted by Crippen LogP contribution is 2.23. The summed E-state index contributed by atoms with van der Waals surface area (Å²) in [5.41, 5.74) is 2.84. The molecule has 0 aliphatic carbocycles. The molecule has 2 heterocycles. The van der Waals surface area contributed by atoms with Gasteiger partial charge in [-0.3, -0.25) is 4.79 Å². The highest BCUT2D eigenvalue weighted by molar-refractivity contribution is 7.07. The lowest BCUT2D eigenvalue weighted by Gasteiger charge is -2.22. The van der Waals surface area contributed by atoms with Crippen LogP contribution in [0, 0.1) is 0 Å². The lowest BCUT2D eigenvalue weighted by Crippen LogP contribution is -2.40. The van der Waals surface area contributed by atoms with Gasteiger partial charge < -0.3 is 5.32 Å². The molecule has 2 rings (SSSR count). The van der Waals surface area contributed by atoms with Crippen LogP contribution in [0.1, 0.15) is 25.5 Å². The zero-order valence-corrected chi connectivity index (χ0v) is 8.36. The van der Waals surface area contributed by atoms with E-state index in [4.69, 9.17) is 0 Å². The summed E-state index contributed by atoms with van der Waals surface area (Å²) in [7, 11) is 0. The van der Waals surface area contributed by atoms with Crippen molar-refractivity contribution in [1.82, 2.24) is 10.3 Å². The summed E-state index contributed by atoms with van der Waals surface area (Å²) in [5.74, 6) is 0.165. The minimum atomic E-state index is -0.0643. The van der Waals surface area contributed by atoms with Crippen molar-refractivity contribution in [3.63, 3.8) is 0 Å². The monoisotopic (exact) mass is 196 g/mol. The summed E-state index contributed by atoms with van der Waals surface area (Å²) < 4.78 is 0. The van der Waals surface area contributed by atoms with Crippen LogP contribution in [-0.2, 0) is 11.2 Å². The first kappa shape index (κ1) is 8.69. The molecule has 0 saturated carbocycles. The van der Waals surface area contributed by atoms with Crippen molar-refractivity contribution in [3.05, 3.63) is 16.6 Å². The van der Waals surface area contributed by atoms with Crippen molar-refractivity contribution in [3.8, 4) is 0 Å². The molecule has 0 aromatic carbocycles. The summed E-state index contributed by atoms with van der Waals surface area (Å²) in [6.45, 7) is 2.08. The number of hydrogen-bond acceptors (Lipinski definition) is 3. The van der Waals surface area contributed by atoms with E-state index in [-0.39, 0.29) is 11.4 Å². The molecule has 1 aliphatic rings. The Morgan fingerprint density at radius 2 is 2.62 bits per heavy atom. The molecule has 1 fully saturated rings. The van der Waals surface area contributed by atoms with Crippen LogP contribution < -0.4 is 5.32 Å². The molecule has 13 heavy (non-hydrogen) atoms. The summed E-state index contributed by atoms with van der Waals surface area (Å²) >= 11 is 1.60. The van der Waals surface area contributed by atoms with Gasteiger partial charge in [-0.25, -0.2) is 4.98 Å². The topological polar surface area (TPSA) is 42.0 Å². The second kappa shape index (κ2) is 3.10. The van der Waals surface area contributed by atoms with Crippen LogP contribution in [0.4, 0.5) is 0 Å². The van der Waals surface area contributed by atoms with E-state index in [1.807, 2.05) is 10.9 Å². The molecule has 4 heteroatoms. The van der Waals surface area contributed by atoms with E-state index in [1.165, 1.54) is 0 Å². The van der Waals surface area contributed by atoms with Crippen LogP contribution in [0.2, 0.25) is 0 Å². The molecule has 1 aliphatic heterocycles. The Hall–Kier alpha value is -0.900. The average molecular weight is 196 g/mol. The van der Waals surface area contributed by atoms with Gasteiger partial charge in [0.2, 0.25) is 5.91 Å². The van der Waals surface area contributed by atoms with Gasteiger partial charge >= 0.3 is 0 Å². The third-order valence-electron chi connectivity index (χ3n) is 2.40. The van der Waals surface area contributed by atoms with Crippen molar-refractivity contribution < 1.29 is 4.79 Å². The van der Waals surface area contributed by atoms with E-state index in [1.54, 1.807) is 11.3 Å². The molecule has 3 nitrogen and oxygen atoms in total. The van der Waals surface area contributed by atoms with Gasteiger partial charge in [0.25, 0.3) is 0 Å². The molecule has 1 amide bonds. The number of nitrogens with zero attached hydrogens (tertiary/aromatic N) is 1. The first-order chi connectivity index (χ1) is 6.18. The lowest BCUT2D eigenvalue weighted by molar-refractivity contribution is -0.119. The Labute approximate surface area is 81.2 Å². The van der Waals surface area contributed by atoms with Gasteiger partial charge in [0.15, 0.2) is 0 Å². The third-order valence-corrected chi connectivity index (χ3v) is 3.04. The predicted molar refractivity (Wildman–Crippen MR) is 51.6 cm³/mol. The van der Waals surface area contributed by atoms with E-state index in [2.05, 4.69) is 17.2 Å². The minimum Gasteiger partial charge on any atom is -0.351 e. The second-order valence-corrected chi connectivity index (χ2v) is 4.48. The normalized spacial score (nSPS) is 27.6. The van der Waals surface area contributed by atoms with Gasteiger partial charge in [-0.15, -0.1) is 11.3 Å². The van der Waals surface area contributed by atoms with Crippen molar-refractivity contribution in [1.29, 1.82) is 0 Å². The molecular formula is C9H12N2OS. The van der Waals surface area contributed by atoms with Gasteiger partial charge in [0, 0.05) is 23.8 Å². The van der Waals surface area contributed by atoms with Crippen LogP contribution in [0.5, 0.6) is 0 Å². The maximum atomic E-state index is 11.1. The molecule has 0 spiro atoms. The van der Waals surface area contributed by atoms with Crippen molar-refractivity contribution >= 4 is 17.2 Å². The number of hydrogen-bond donors (Lipinski definition) is 1. The molecule has 70 valence electrons. The van der Waals surface area contributed by atoms with Gasteiger partial charge in [0.1, 0.15) is 0 Å². The number of rotatable bonds is 2.